The van der Waals surface area contributed by atoms with Crippen molar-refractivity contribution in [1.82, 2.24) is 13.9 Å². The smallest absolute Gasteiger partial charge is 0.243 e. The molecule has 0 atom stereocenters. The maximum atomic E-state index is 13.0. The SMILES string of the molecule is COc1ccc(S(=O)(=O)N2CCCCCC2)cc1NCc1ncc(Cl)n1C. The third kappa shape index (κ3) is 4.39. The predicted octanol–water partition coefficient (Wildman–Crippen LogP) is 3.26. The first-order valence-corrected chi connectivity index (χ1v) is 10.8. The summed E-state index contributed by atoms with van der Waals surface area (Å²) in [6, 6.07) is 4.91. The standard InChI is InChI=1S/C18H25ClN4O3S/c1-22-17(19)12-21-18(22)13-20-15-11-14(7-8-16(15)26-2)27(24,25)23-9-5-3-4-6-10-23/h7-8,11-12,20H,3-6,9-10,13H2,1-2H3. The Balaban J connectivity index is 1.85. The lowest BCUT2D eigenvalue weighted by Gasteiger charge is -2.21. The minimum absolute atomic E-state index is 0.269. The van der Waals surface area contributed by atoms with Crippen LogP contribution in [0.3, 0.4) is 0 Å². The second-order valence-corrected chi connectivity index (χ2v) is 8.92. The molecule has 2 aromatic rings. The minimum atomic E-state index is -3.52. The average molecular weight is 413 g/mol. The summed E-state index contributed by atoms with van der Waals surface area (Å²) in [7, 11) is -0.144. The molecule has 1 aliphatic rings. The molecule has 1 fully saturated rings. The fourth-order valence-corrected chi connectivity index (χ4v) is 4.87. The van der Waals surface area contributed by atoms with E-state index in [2.05, 4.69) is 10.3 Å². The van der Waals surface area contributed by atoms with Crippen LogP contribution in [-0.4, -0.2) is 42.5 Å². The van der Waals surface area contributed by atoms with E-state index in [0.29, 0.717) is 36.2 Å². The second kappa shape index (κ2) is 8.50. The summed E-state index contributed by atoms with van der Waals surface area (Å²) in [5.41, 5.74) is 0.604. The van der Waals surface area contributed by atoms with E-state index in [1.165, 1.54) is 0 Å². The number of anilines is 1. The molecule has 2 heterocycles. The van der Waals surface area contributed by atoms with Crippen LogP contribution in [-0.2, 0) is 23.6 Å². The van der Waals surface area contributed by atoms with Gasteiger partial charge < -0.3 is 14.6 Å². The molecule has 9 heteroatoms. The van der Waals surface area contributed by atoms with Crippen molar-refractivity contribution in [2.75, 3.05) is 25.5 Å². The Bertz CT molecular complexity index is 890. The molecule has 0 radical (unpaired) electrons. The Hall–Kier alpha value is -1.77. The topological polar surface area (TPSA) is 76.5 Å². The monoisotopic (exact) mass is 412 g/mol. The largest absolute Gasteiger partial charge is 0.495 e. The number of benzene rings is 1. The molecule has 1 aromatic carbocycles. The van der Waals surface area contributed by atoms with Gasteiger partial charge in [-0.25, -0.2) is 13.4 Å². The van der Waals surface area contributed by atoms with E-state index >= 15 is 0 Å². The lowest BCUT2D eigenvalue weighted by atomic mass is 10.2. The molecule has 0 saturated carbocycles. The Morgan fingerprint density at radius 2 is 1.93 bits per heavy atom. The molecule has 0 unspecified atom stereocenters. The summed E-state index contributed by atoms with van der Waals surface area (Å²) < 4.78 is 34.8. The molecule has 1 N–H and O–H groups in total. The molecule has 1 aliphatic heterocycles. The van der Waals surface area contributed by atoms with Gasteiger partial charge in [0.15, 0.2) is 0 Å². The number of hydrogen-bond donors (Lipinski definition) is 1. The highest BCUT2D eigenvalue weighted by atomic mass is 35.5. The molecule has 27 heavy (non-hydrogen) atoms. The van der Waals surface area contributed by atoms with Gasteiger partial charge in [-0.3, -0.25) is 0 Å². The highest BCUT2D eigenvalue weighted by Gasteiger charge is 2.26. The van der Waals surface area contributed by atoms with Crippen LogP contribution in [0.1, 0.15) is 31.5 Å². The number of nitrogens with one attached hydrogen (secondary N) is 1. The van der Waals surface area contributed by atoms with E-state index in [1.807, 2.05) is 7.05 Å². The molecule has 148 valence electrons. The summed E-state index contributed by atoms with van der Waals surface area (Å²) in [5, 5.41) is 3.75. The fraction of sp³-hybridized carbons (Fsp3) is 0.500. The highest BCUT2D eigenvalue weighted by molar-refractivity contribution is 7.89. The first-order valence-electron chi connectivity index (χ1n) is 9.01. The number of ether oxygens (including phenoxy) is 1. The van der Waals surface area contributed by atoms with Gasteiger partial charge in [-0.15, -0.1) is 0 Å². The molecule has 7 nitrogen and oxygen atoms in total. The van der Waals surface area contributed by atoms with Crippen molar-refractivity contribution >= 4 is 27.3 Å². The van der Waals surface area contributed by atoms with Crippen LogP contribution in [0, 0.1) is 0 Å². The van der Waals surface area contributed by atoms with E-state index in [-0.39, 0.29) is 4.90 Å². The second-order valence-electron chi connectivity index (χ2n) is 6.59. The lowest BCUT2D eigenvalue weighted by molar-refractivity contribution is 0.414. The van der Waals surface area contributed by atoms with Crippen molar-refractivity contribution in [2.24, 2.45) is 7.05 Å². The number of sulfonamides is 1. The van der Waals surface area contributed by atoms with E-state index in [4.69, 9.17) is 16.3 Å². The van der Waals surface area contributed by atoms with Gasteiger partial charge in [0.05, 0.1) is 30.4 Å². The molecular formula is C18H25ClN4O3S. The molecule has 3 rings (SSSR count). The molecule has 0 aliphatic carbocycles. The van der Waals surface area contributed by atoms with Crippen LogP contribution >= 0.6 is 11.6 Å². The summed E-state index contributed by atoms with van der Waals surface area (Å²) in [4.78, 5) is 4.51. The number of hydrogen-bond acceptors (Lipinski definition) is 5. The van der Waals surface area contributed by atoms with Gasteiger partial charge in [0.2, 0.25) is 10.0 Å². The van der Waals surface area contributed by atoms with Crippen molar-refractivity contribution < 1.29 is 13.2 Å². The van der Waals surface area contributed by atoms with Gasteiger partial charge in [0.25, 0.3) is 0 Å². The van der Waals surface area contributed by atoms with E-state index < -0.39 is 10.0 Å². The number of methoxy groups -OCH3 is 1. The van der Waals surface area contributed by atoms with Crippen LogP contribution in [0.25, 0.3) is 0 Å². The Kier molecular flexibility index (Phi) is 6.29. The molecular weight excluding hydrogens is 388 g/mol. The first-order chi connectivity index (χ1) is 12.9. The predicted molar refractivity (Wildman–Crippen MR) is 106 cm³/mol. The van der Waals surface area contributed by atoms with E-state index in [0.717, 1.165) is 31.5 Å². The van der Waals surface area contributed by atoms with Crippen molar-refractivity contribution in [3.05, 3.63) is 35.4 Å². The van der Waals surface area contributed by atoms with Crippen LogP contribution < -0.4 is 10.1 Å². The van der Waals surface area contributed by atoms with Crippen molar-refractivity contribution in [3.8, 4) is 5.75 Å². The molecule has 0 spiro atoms. The number of aromatic nitrogens is 2. The fourth-order valence-electron chi connectivity index (χ4n) is 3.18. The van der Waals surface area contributed by atoms with Crippen molar-refractivity contribution in [3.63, 3.8) is 0 Å². The molecule has 1 aromatic heterocycles. The normalized spacial score (nSPS) is 16.1. The molecule has 0 bridgehead atoms. The first kappa shape index (κ1) is 20.0. The van der Waals surface area contributed by atoms with Gasteiger partial charge in [0, 0.05) is 20.1 Å². The summed E-state index contributed by atoms with van der Waals surface area (Å²) in [6.07, 6.45) is 5.54. The average Bonchev–Trinajstić information content (AvgIpc) is 2.86. The summed E-state index contributed by atoms with van der Waals surface area (Å²) in [5.74, 6) is 1.31. The van der Waals surface area contributed by atoms with Crippen molar-refractivity contribution in [1.29, 1.82) is 0 Å². The van der Waals surface area contributed by atoms with Crippen LogP contribution in [0.4, 0.5) is 5.69 Å². The quantitative estimate of drug-likeness (QED) is 0.788. The zero-order valence-electron chi connectivity index (χ0n) is 15.6. The third-order valence-corrected chi connectivity index (χ3v) is 7.08. The minimum Gasteiger partial charge on any atom is -0.495 e. The lowest BCUT2D eigenvalue weighted by Crippen LogP contribution is -2.32. The van der Waals surface area contributed by atoms with Gasteiger partial charge in [-0.2, -0.15) is 4.31 Å². The zero-order chi connectivity index (χ0) is 19.4. The van der Waals surface area contributed by atoms with E-state index in [9.17, 15) is 8.42 Å². The Morgan fingerprint density at radius 3 is 2.52 bits per heavy atom. The van der Waals surface area contributed by atoms with Crippen molar-refractivity contribution in [2.45, 2.75) is 37.1 Å². The maximum absolute atomic E-state index is 13.0. The van der Waals surface area contributed by atoms with Crippen LogP contribution in [0.15, 0.2) is 29.3 Å². The van der Waals surface area contributed by atoms with Crippen LogP contribution in [0.5, 0.6) is 5.75 Å². The van der Waals surface area contributed by atoms with Gasteiger partial charge in [-0.05, 0) is 31.0 Å². The highest BCUT2D eigenvalue weighted by Crippen LogP contribution is 2.30. The summed E-state index contributed by atoms with van der Waals surface area (Å²) >= 11 is 6.02. The number of nitrogens with zero attached hydrogens (tertiary/aromatic N) is 3. The van der Waals surface area contributed by atoms with Gasteiger partial charge >= 0.3 is 0 Å². The Morgan fingerprint density at radius 1 is 1.22 bits per heavy atom. The number of rotatable bonds is 6. The zero-order valence-corrected chi connectivity index (χ0v) is 17.2. The number of halogens is 1. The summed E-state index contributed by atoms with van der Waals surface area (Å²) in [6.45, 7) is 1.54. The van der Waals surface area contributed by atoms with Gasteiger partial charge in [0.1, 0.15) is 16.7 Å². The maximum Gasteiger partial charge on any atom is 0.243 e. The molecule has 0 amide bonds. The number of imidazole rings is 1. The Labute approximate surface area is 165 Å². The van der Waals surface area contributed by atoms with Crippen LogP contribution in [0.2, 0.25) is 5.15 Å². The van der Waals surface area contributed by atoms with E-state index in [1.54, 1.807) is 40.4 Å². The molecule has 1 saturated heterocycles. The van der Waals surface area contributed by atoms with Gasteiger partial charge in [-0.1, -0.05) is 24.4 Å². The third-order valence-electron chi connectivity index (χ3n) is 4.84.